The van der Waals surface area contributed by atoms with Crippen molar-refractivity contribution in [3.8, 4) is 0 Å². The van der Waals surface area contributed by atoms with E-state index in [1.165, 1.54) is 6.20 Å². The summed E-state index contributed by atoms with van der Waals surface area (Å²) >= 11 is 3.20. The maximum Gasteiger partial charge on any atom is 0.342 e. The van der Waals surface area contributed by atoms with Gasteiger partial charge in [0.1, 0.15) is 11.4 Å². The zero-order valence-corrected chi connectivity index (χ0v) is 11.7. The van der Waals surface area contributed by atoms with Crippen LogP contribution in [-0.2, 0) is 4.74 Å². The van der Waals surface area contributed by atoms with Crippen molar-refractivity contribution >= 4 is 44.7 Å². The van der Waals surface area contributed by atoms with Gasteiger partial charge in [-0.2, -0.15) is 0 Å². The minimum absolute atomic E-state index is 0. The number of halogens is 2. The lowest BCUT2D eigenvalue weighted by molar-refractivity contribution is 0.0379. The highest BCUT2D eigenvalue weighted by Gasteiger charge is 2.13. The van der Waals surface area contributed by atoms with E-state index in [1.54, 1.807) is 19.9 Å². The second-order valence-corrected chi connectivity index (χ2v) is 3.96. The number of ether oxygens (including phenoxy) is 1. The number of esters is 1. The van der Waals surface area contributed by atoms with Crippen LogP contribution in [0.5, 0.6) is 0 Å². The molecule has 0 aliphatic rings. The number of carbonyl (C=O) groups is 1. The molecule has 0 fully saturated rings. The van der Waals surface area contributed by atoms with Crippen LogP contribution in [0.4, 0.5) is 5.82 Å². The zero-order valence-electron chi connectivity index (χ0n) is 8.36. The predicted octanol–water partition coefficient (Wildman–Crippen LogP) is 2.57. The molecule has 0 atom stereocenters. The van der Waals surface area contributed by atoms with Crippen LogP contribution in [0.15, 0.2) is 16.7 Å². The molecule has 0 amide bonds. The van der Waals surface area contributed by atoms with Crippen molar-refractivity contribution in [2.75, 3.05) is 5.73 Å². The average Bonchev–Trinajstić information content (AvgIpc) is 2.08. The van der Waals surface area contributed by atoms with Crippen LogP contribution < -0.4 is 5.73 Å². The molecule has 0 spiro atoms. The number of hydrogen-bond donors (Lipinski definition) is 1. The normalized spacial score (nSPS) is 9.60. The molecule has 0 saturated heterocycles. The summed E-state index contributed by atoms with van der Waals surface area (Å²) in [5, 5.41) is 0. The van der Waals surface area contributed by atoms with Gasteiger partial charge in [0, 0.05) is 10.7 Å². The number of rotatable bonds is 2. The van der Waals surface area contributed by atoms with Gasteiger partial charge in [-0.3, -0.25) is 0 Å². The number of nitrogen functional groups attached to an aromatic ring is 1. The van der Waals surface area contributed by atoms with Crippen LogP contribution in [0.3, 0.4) is 0 Å². The Kier molecular flexibility index (Phi) is 5.82. The molecule has 0 radical (unpaired) electrons. The maximum absolute atomic E-state index is 11.5. The molecule has 6 heteroatoms. The van der Waals surface area contributed by atoms with Crippen LogP contribution in [-0.4, -0.2) is 17.1 Å². The molecule has 1 rings (SSSR count). The molecule has 84 valence electrons. The molecule has 0 saturated carbocycles. The molecule has 15 heavy (non-hydrogen) atoms. The van der Waals surface area contributed by atoms with Gasteiger partial charge in [0.15, 0.2) is 0 Å². The summed E-state index contributed by atoms with van der Waals surface area (Å²) in [6.07, 6.45) is 1.36. The summed E-state index contributed by atoms with van der Waals surface area (Å²) in [7, 11) is 0. The fourth-order valence-corrected chi connectivity index (χ4v) is 1.22. The molecule has 0 aliphatic heterocycles. The van der Waals surface area contributed by atoms with Gasteiger partial charge in [-0.25, -0.2) is 9.78 Å². The minimum atomic E-state index is -0.452. The van der Waals surface area contributed by atoms with Gasteiger partial charge in [-0.05, 0) is 35.8 Å². The molecule has 0 unspecified atom stereocenters. The van der Waals surface area contributed by atoms with Crippen molar-refractivity contribution in [3.05, 3.63) is 22.3 Å². The third-order valence-electron chi connectivity index (χ3n) is 1.45. The number of pyridine rings is 1. The summed E-state index contributed by atoms with van der Waals surface area (Å²) in [4.78, 5) is 15.3. The third kappa shape index (κ3) is 4.17. The van der Waals surface area contributed by atoms with Gasteiger partial charge < -0.3 is 10.5 Å². The van der Waals surface area contributed by atoms with E-state index in [0.29, 0.717) is 4.47 Å². The van der Waals surface area contributed by atoms with Gasteiger partial charge in [0.25, 0.3) is 0 Å². The lowest BCUT2D eigenvalue weighted by atomic mass is 10.2. The first-order chi connectivity index (χ1) is 6.50. The van der Waals surface area contributed by atoms with Gasteiger partial charge in [-0.1, -0.05) is 0 Å². The molecule has 0 aromatic carbocycles. The van der Waals surface area contributed by atoms with E-state index in [2.05, 4.69) is 20.9 Å². The highest BCUT2D eigenvalue weighted by Crippen LogP contribution is 2.16. The number of nitrogens with two attached hydrogens (primary N) is 1. The molecular formula is C9H12Br2N2O2. The molecule has 4 nitrogen and oxygen atoms in total. The Hall–Kier alpha value is -0.620. The third-order valence-corrected chi connectivity index (χ3v) is 1.88. The lowest BCUT2D eigenvalue weighted by Crippen LogP contribution is -2.14. The summed E-state index contributed by atoms with van der Waals surface area (Å²) in [5.74, 6) is -0.273. The first-order valence-electron chi connectivity index (χ1n) is 4.12. The van der Waals surface area contributed by atoms with E-state index in [1.807, 2.05) is 0 Å². The zero-order chi connectivity index (χ0) is 10.7. The smallest absolute Gasteiger partial charge is 0.342 e. The highest BCUT2D eigenvalue weighted by molar-refractivity contribution is 9.10. The summed E-state index contributed by atoms with van der Waals surface area (Å²) in [5.41, 5.74) is 5.82. The maximum atomic E-state index is 11.5. The van der Waals surface area contributed by atoms with Crippen molar-refractivity contribution in [1.82, 2.24) is 4.98 Å². The second-order valence-electron chi connectivity index (χ2n) is 3.04. The second kappa shape index (κ2) is 6.07. The van der Waals surface area contributed by atoms with Crippen LogP contribution in [0, 0.1) is 0 Å². The first kappa shape index (κ1) is 14.4. The number of carbonyl (C=O) groups excluding carboxylic acids is 1. The molecule has 0 bridgehead atoms. The summed E-state index contributed by atoms with van der Waals surface area (Å²) < 4.78 is 5.69. The van der Waals surface area contributed by atoms with Gasteiger partial charge in [0.2, 0.25) is 0 Å². The van der Waals surface area contributed by atoms with Crippen LogP contribution in [0.1, 0.15) is 24.2 Å². The van der Waals surface area contributed by atoms with Gasteiger partial charge in [0.05, 0.1) is 6.10 Å². The number of hydrogen-bond acceptors (Lipinski definition) is 4. The number of anilines is 1. The molecule has 1 aromatic heterocycles. The predicted molar refractivity (Wildman–Crippen MR) is 67.2 cm³/mol. The Balaban J connectivity index is 0.00000196. The van der Waals surface area contributed by atoms with Crippen molar-refractivity contribution in [1.29, 1.82) is 0 Å². The fraction of sp³-hybridized carbons (Fsp3) is 0.333. The van der Waals surface area contributed by atoms with Gasteiger partial charge >= 0.3 is 5.97 Å². The van der Waals surface area contributed by atoms with Crippen molar-refractivity contribution in [2.45, 2.75) is 20.0 Å². The SMILES string of the molecule is Br.CC(C)OC(=O)c1cc(Br)cnc1N. The first-order valence-corrected chi connectivity index (χ1v) is 4.92. The standard InChI is InChI=1S/C9H11BrN2O2.BrH/c1-5(2)14-9(13)7-3-6(10)4-12-8(7)11;/h3-5H,1-2H3,(H2,11,12);1H. The van der Waals surface area contributed by atoms with E-state index in [4.69, 9.17) is 10.5 Å². The van der Waals surface area contributed by atoms with Crippen molar-refractivity contribution in [2.24, 2.45) is 0 Å². The Morgan fingerprint density at radius 3 is 2.73 bits per heavy atom. The van der Waals surface area contributed by atoms with E-state index in [-0.39, 0.29) is 34.5 Å². The fourth-order valence-electron chi connectivity index (χ4n) is 0.891. The van der Waals surface area contributed by atoms with Crippen LogP contribution >= 0.6 is 32.9 Å². The molecule has 0 aliphatic carbocycles. The molecular weight excluding hydrogens is 328 g/mol. The lowest BCUT2D eigenvalue weighted by Gasteiger charge is -2.08. The van der Waals surface area contributed by atoms with E-state index in [9.17, 15) is 4.79 Å². The monoisotopic (exact) mass is 338 g/mol. The Morgan fingerprint density at radius 2 is 2.20 bits per heavy atom. The summed E-state index contributed by atoms with van der Waals surface area (Å²) in [6, 6.07) is 1.59. The minimum Gasteiger partial charge on any atom is -0.459 e. The number of aromatic nitrogens is 1. The quantitative estimate of drug-likeness (QED) is 0.841. The van der Waals surface area contributed by atoms with Crippen molar-refractivity contribution < 1.29 is 9.53 Å². The number of nitrogens with zero attached hydrogens (tertiary/aromatic N) is 1. The highest BCUT2D eigenvalue weighted by atomic mass is 79.9. The molecule has 2 N–H and O–H groups in total. The Bertz CT molecular complexity index is 356. The average molecular weight is 340 g/mol. The molecule has 1 heterocycles. The van der Waals surface area contributed by atoms with Gasteiger partial charge in [-0.15, -0.1) is 17.0 Å². The van der Waals surface area contributed by atoms with E-state index < -0.39 is 5.97 Å². The molecule has 1 aromatic rings. The summed E-state index contributed by atoms with van der Waals surface area (Å²) in [6.45, 7) is 3.55. The largest absolute Gasteiger partial charge is 0.459 e. The van der Waals surface area contributed by atoms with E-state index in [0.717, 1.165) is 0 Å². The van der Waals surface area contributed by atoms with Crippen LogP contribution in [0.25, 0.3) is 0 Å². The van der Waals surface area contributed by atoms with Crippen molar-refractivity contribution in [3.63, 3.8) is 0 Å². The van der Waals surface area contributed by atoms with E-state index >= 15 is 0 Å². The Labute approximate surface area is 107 Å². The Morgan fingerprint density at radius 1 is 1.60 bits per heavy atom. The topological polar surface area (TPSA) is 65.2 Å². The van der Waals surface area contributed by atoms with Crippen LogP contribution in [0.2, 0.25) is 0 Å².